The largest absolute Gasteiger partial charge is 0.375 e. The topological polar surface area (TPSA) is 43.3 Å². The molecule has 0 spiro atoms. The summed E-state index contributed by atoms with van der Waals surface area (Å²) in [7, 11) is 0. The van der Waals surface area contributed by atoms with Crippen LogP contribution in [0.4, 0.5) is 0 Å². The Labute approximate surface area is 137 Å². The Balaban J connectivity index is 1.79. The number of aromatic nitrogens is 1. The van der Waals surface area contributed by atoms with E-state index in [2.05, 4.69) is 49.8 Å². The molecule has 4 nitrogen and oxygen atoms in total. The lowest BCUT2D eigenvalue weighted by atomic mass is 9.93. The molecule has 1 atom stereocenters. The van der Waals surface area contributed by atoms with E-state index in [0.717, 1.165) is 23.9 Å². The molecule has 0 radical (unpaired) electrons. The Morgan fingerprint density at radius 1 is 1.35 bits per heavy atom. The fraction of sp³-hybridized carbons (Fsp3) is 0.526. The van der Waals surface area contributed by atoms with E-state index in [-0.39, 0.29) is 17.6 Å². The number of fused-ring (bicyclic) bond motifs is 1. The van der Waals surface area contributed by atoms with Crippen molar-refractivity contribution in [2.45, 2.75) is 58.2 Å². The Morgan fingerprint density at radius 2 is 2.13 bits per heavy atom. The number of carbonyl (C=O) groups excluding carboxylic acids is 1. The molecular formula is C19H26N2O2. The standard InChI is InChI=1S/C19H26N2O2/c1-13(2)21-9-7-14-5-6-15(11-17(14)21)18(22)20-16-8-10-23-19(3,4)12-16/h5-7,9,11,13,16H,8,10,12H2,1-4H3,(H,20,22)/t16-/m1/s1. The molecule has 1 amide bonds. The Bertz CT molecular complexity index is 715. The van der Waals surface area contributed by atoms with Crippen LogP contribution in [0.1, 0.15) is 56.9 Å². The Hall–Kier alpha value is -1.81. The second-order valence-corrected chi connectivity index (χ2v) is 7.36. The van der Waals surface area contributed by atoms with Crippen molar-refractivity contribution >= 4 is 16.8 Å². The van der Waals surface area contributed by atoms with Crippen LogP contribution in [0, 0.1) is 0 Å². The predicted octanol–water partition coefficient (Wildman–Crippen LogP) is 3.91. The maximum atomic E-state index is 12.6. The van der Waals surface area contributed by atoms with Crippen LogP contribution >= 0.6 is 0 Å². The van der Waals surface area contributed by atoms with Gasteiger partial charge >= 0.3 is 0 Å². The number of rotatable bonds is 3. The molecule has 2 heterocycles. The monoisotopic (exact) mass is 314 g/mol. The van der Waals surface area contributed by atoms with Gasteiger partial charge in [0.2, 0.25) is 0 Å². The van der Waals surface area contributed by atoms with E-state index in [1.54, 1.807) is 0 Å². The second kappa shape index (κ2) is 6.00. The van der Waals surface area contributed by atoms with Crippen LogP contribution in [0.15, 0.2) is 30.5 Å². The number of nitrogens with one attached hydrogen (secondary N) is 1. The molecule has 124 valence electrons. The maximum absolute atomic E-state index is 12.6. The van der Waals surface area contributed by atoms with Crippen LogP contribution in [0.2, 0.25) is 0 Å². The van der Waals surface area contributed by atoms with Crippen molar-refractivity contribution in [3.05, 3.63) is 36.0 Å². The van der Waals surface area contributed by atoms with Crippen molar-refractivity contribution in [1.29, 1.82) is 0 Å². The summed E-state index contributed by atoms with van der Waals surface area (Å²) in [6.45, 7) is 9.15. The molecule has 1 fully saturated rings. The zero-order valence-corrected chi connectivity index (χ0v) is 14.4. The van der Waals surface area contributed by atoms with Crippen molar-refractivity contribution in [1.82, 2.24) is 9.88 Å². The van der Waals surface area contributed by atoms with Crippen molar-refractivity contribution in [2.24, 2.45) is 0 Å². The van der Waals surface area contributed by atoms with Crippen LogP contribution < -0.4 is 5.32 Å². The number of hydrogen-bond donors (Lipinski definition) is 1. The zero-order chi connectivity index (χ0) is 16.6. The maximum Gasteiger partial charge on any atom is 0.251 e. The van der Waals surface area contributed by atoms with E-state index in [1.165, 1.54) is 5.39 Å². The third-order valence-corrected chi connectivity index (χ3v) is 4.57. The molecular weight excluding hydrogens is 288 g/mol. The number of hydrogen-bond acceptors (Lipinski definition) is 2. The fourth-order valence-corrected chi connectivity index (χ4v) is 3.36. The third kappa shape index (κ3) is 3.42. The lowest BCUT2D eigenvalue weighted by molar-refractivity contribution is -0.0615. The smallest absolute Gasteiger partial charge is 0.251 e. The van der Waals surface area contributed by atoms with E-state index in [0.29, 0.717) is 12.6 Å². The molecule has 1 aromatic carbocycles. The van der Waals surface area contributed by atoms with Crippen LogP contribution in [0.25, 0.3) is 10.9 Å². The number of ether oxygens (including phenoxy) is 1. The van der Waals surface area contributed by atoms with Gasteiger partial charge in [0, 0.05) is 36.0 Å². The quantitative estimate of drug-likeness (QED) is 0.933. The molecule has 0 saturated carbocycles. The summed E-state index contributed by atoms with van der Waals surface area (Å²) in [6.07, 6.45) is 3.81. The van der Waals surface area contributed by atoms with Gasteiger partial charge in [-0.1, -0.05) is 6.07 Å². The van der Waals surface area contributed by atoms with Crippen molar-refractivity contribution in [2.75, 3.05) is 6.61 Å². The van der Waals surface area contributed by atoms with Gasteiger partial charge in [0.05, 0.1) is 5.60 Å². The Kier molecular flexibility index (Phi) is 4.19. The van der Waals surface area contributed by atoms with Crippen molar-refractivity contribution < 1.29 is 9.53 Å². The number of nitrogens with zero attached hydrogens (tertiary/aromatic N) is 1. The summed E-state index contributed by atoms with van der Waals surface area (Å²) in [5.74, 6) is 0.00565. The minimum atomic E-state index is -0.160. The summed E-state index contributed by atoms with van der Waals surface area (Å²) in [4.78, 5) is 12.6. The first-order chi connectivity index (χ1) is 10.9. The molecule has 23 heavy (non-hydrogen) atoms. The lowest BCUT2D eigenvalue weighted by Gasteiger charge is -2.35. The summed E-state index contributed by atoms with van der Waals surface area (Å²) in [5.41, 5.74) is 1.68. The first-order valence-corrected chi connectivity index (χ1v) is 8.41. The van der Waals surface area contributed by atoms with Gasteiger partial charge in [-0.25, -0.2) is 0 Å². The van der Waals surface area contributed by atoms with Crippen LogP contribution in [-0.4, -0.2) is 28.7 Å². The van der Waals surface area contributed by atoms with Crippen LogP contribution in [-0.2, 0) is 4.74 Å². The molecule has 0 bridgehead atoms. The van der Waals surface area contributed by atoms with Crippen LogP contribution in [0.3, 0.4) is 0 Å². The molecule has 0 unspecified atom stereocenters. The number of amides is 1. The molecule has 1 aliphatic rings. The van der Waals surface area contributed by atoms with Gasteiger partial charge in [0.1, 0.15) is 0 Å². The second-order valence-electron chi connectivity index (χ2n) is 7.36. The molecule has 0 aliphatic carbocycles. The summed E-state index contributed by atoms with van der Waals surface area (Å²) >= 11 is 0. The minimum Gasteiger partial charge on any atom is -0.375 e. The highest BCUT2D eigenvalue weighted by atomic mass is 16.5. The fourth-order valence-electron chi connectivity index (χ4n) is 3.36. The minimum absolute atomic E-state index is 0.00565. The van der Waals surface area contributed by atoms with Gasteiger partial charge in [-0.2, -0.15) is 0 Å². The van der Waals surface area contributed by atoms with Gasteiger partial charge in [-0.05, 0) is 64.1 Å². The summed E-state index contributed by atoms with van der Waals surface area (Å²) < 4.78 is 7.92. The van der Waals surface area contributed by atoms with Gasteiger partial charge < -0.3 is 14.6 Å². The van der Waals surface area contributed by atoms with E-state index in [4.69, 9.17) is 4.74 Å². The van der Waals surface area contributed by atoms with E-state index in [1.807, 2.05) is 18.2 Å². The predicted molar refractivity (Wildman–Crippen MR) is 92.8 cm³/mol. The average molecular weight is 314 g/mol. The molecule has 4 heteroatoms. The zero-order valence-electron chi connectivity index (χ0n) is 14.4. The normalized spacial score (nSPS) is 20.8. The first-order valence-electron chi connectivity index (χ1n) is 8.41. The van der Waals surface area contributed by atoms with Crippen LogP contribution in [0.5, 0.6) is 0 Å². The highest BCUT2D eigenvalue weighted by Gasteiger charge is 2.29. The average Bonchev–Trinajstić information content (AvgIpc) is 2.89. The van der Waals surface area contributed by atoms with Crippen molar-refractivity contribution in [3.63, 3.8) is 0 Å². The summed E-state index contributed by atoms with van der Waals surface area (Å²) in [5, 5.41) is 4.34. The van der Waals surface area contributed by atoms with Gasteiger partial charge in [0.25, 0.3) is 5.91 Å². The molecule has 1 N–H and O–H groups in total. The number of carbonyl (C=O) groups is 1. The van der Waals surface area contributed by atoms with Gasteiger partial charge in [0.15, 0.2) is 0 Å². The van der Waals surface area contributed by atoms with Gasteiger partial charge in [-0.3, -0.25) is 4.79 Å². The van der Waals surface area contributed by atoms with Gasteiger partial charge in [-0.15, -0.1) is 0 Å². The number of benzene rings is 1. The molecule has 1 aromatic heterocycles. The van der Waals surface area contributed by atoms with E-state index in [9.17, 15) is 4.79 Å². The first kappa shape index (κ1) is 16.1. The highest BCUT2D eigenvalue weighted by Crippen LogP contribution is 2.25. The van der Waals surface area contributed by atoms with E-state index >= 15 is 0 Å². The Morgan fingerprint density at radius 3 is 2.83 bits per heavy atom. The highest BCUT2D eigenvalue weighted by molar-refractivity contribution is 5.98. The molecule has 1 saturated heterocycles. The molecule has 3 rings (SSSR count). The van der Waals surface area contributed by atoms with Crippen molar-refractivity contribution in [3.8, 4) is 0 Å². The SMILES string of the molecule is CC(C)n1ccc2ccc(C(=O)N[C@@H]3CCOC(C)(C)C3)cc21. The molecule has 1 aliphatic heterocycles. The van der Waals surface area contributed by atoms with E-state index < -0.39 is 0 Å². The third-order valence-electron chi connectivity index (χ3n) is 4.57. The summed E-state index contributed by atoms with van der Waals surface area (Å²) in [6, 6.07) is 8.58. The molecule has 2 aromatic rings. The lowest BCUT2D eigenvalue weighted by Crippen LogP contribution is -2.45.